The lowest BCUT2D eigenvalue weighted by molar-refractivity contribution is -0.384. The molecule has 1 aliphatic heterocycles. The van der Waals surface area contributed by atoms with E-state index in [2.05, 4.69) is 4.98 Å². The van der Waals surface area contributed by atoms with Crippen molar-refractivity contribution in [2.24, 2.45) is 0 Å². The van der Waals surface area contributed by atoms with Gasteiger partial charge in [0.25, 0.3) is 11.6 Å². The summed E-state index contributed by atoms with van der Waals surface area (Å²) in [6, 6.07) is 10.4. The quantitative estimate of drug-likeness (QED) is 0.475. The Hall–Kier alpha value is -3.44. The molecule has 1 fully saturated rings. The number of aromatic amines is 1. The van der Waals surface area contributed by atoms with Gasteiger partial charge in [-0.25, -0.2) is 8.42 Å². The van der Waals surface area contributed by atoms with Crippen molar-refractivity contribution in [1.82, 2.24) is 14.2 Å². The fraction of sp³-hybridized carbons (Fsp3) is 0.250. The minimum Gasteiger partial charge on any atom is -0.497 e. The molecule has 1 amide bonds. The Balaban J connectivity index is 1.49. The first-order valence-corrected chi connectivity index (χ1v) is 10.9. The van der Waals surface area contributed by atoms with Crippen LogP contribution >= 0.6 is 0 Å². The van der Waals surface area contributed by atoms with Gasteiger partial charge in [-0.15, -0.1) is 0 Å². The zero-order chi connectivity index (χ0) is 22.2. The Morgan fingerprint density at radius 1 is 1.10 bits per heavy atom. The van der Waals surface area contributed by atoms with E-state index in [9.17, 15) is 23.3 Å². The molecule has 0 radical (unpaired) electrons. The van der Waals surface area contributed by atoms with E-state index in [4.69, 9.17) is 4.74 Å². The van der Waals surface area contributed by atoms with Gasteiger partial charge in [-0.1, -0.05) is 0 Å². The van der Waals surface area contributed by atoms with Crippen LogP contribution in [0.15, 0.2) is 53.6 Å². The van der Waals surface area contributed by atoms with Crippen LogP contribution in [0.3, 0.4) is 0 Å². The van der Waals surface area contributed by atoms with Crippen LogP contribution in [0.2, 0.25) is 0 Å². The molecule has 1 saturated heterocycles. The summed E-state index contributed by atoms with van der Waals surface area (Å²) in [5, 5.41) is 11.5. The molecule has 1 N–H and O–H groups in total. The maximum atomic E-state index is 13.0. The number of nitrogens with zero attached hydrogens (tertiary/aromatic N) is 3. The molecule has 0 aliphatic carbocycles. The molecule has 10 nitrogen and oxygen atoms in total. The largest absolute Gasteiger partial charge is 0.497 e. The maximum absolute atomic E-state index is 13.0. The summed E-state index contributed by atoms with van der Waals surface area (Å²) < 4.78 is 32.2. The number of aromatic nitrogens is 1. The number of carbonyl (C=O) groups excluding carboxylic acids is 1. The van der Waals surface area contributed by atoms with E-state index < -0.39 is 14.9 Å². The van der Waals surface area contributed by atoms with Crippen LogP contribution in [0, 0.1) is 10.1 Å². The smallest absolute Gasteiger partial charge is 0.270 e. The second-order valence-electron chi connectivity index (χ2n) is 7.06. The predicted octanol–water partition coefficient (Wildman–Crippen LogP) is 2.23. The van der Waals surface area contributed by atoms with Gasteiger partial charge in [0.2, 0.25) is 10.0 Å². The molecular formula is C20H20N4O6S. The van der Waals surface area contributed by atoms with E-state index in [0.29, 0.717) is 22.2 Å². The van der Waals surface area contributed by atoms with Crippen LogP contribution in [0.4, 0.5) is 5.69 Å². The van der Waals surface area contributed by atoms with E-state index in [1.165, 1.54) is 41.9 Å². The van der Waals surface area contributed by atoms with Gasteiger partial charge in [-0.05, 0) is 30.3 Å². The third-order valence-electron chi connectivity index (χ3n) is 5.33. The second kappa shape index (κ2) is 8.00. The number of ether oxygens (including phenoxy) is 1. The number of benzene rings is 2. The molecule has 0 saturated carbocycles. The highest BCUT2D eigenvalue weighted by molar-refractivity contribution is 7.89. The highest BCUT2D eigenvalue weighted by Crippen LogP contribution is 2.26. The number of hydrogen-bond donors (Lipinski definition) is 1. The first kappa shape index (κ1) is 20.8. The van der Waals surface area contributed by atoms with Crippen molar-refractivity contribution in [3.8, 4) is 5.75 Å². The number of methoxy groups -OCH3 is 1. The SMILES string of the molecule is COc1ccc(S(=O)(=O)N2CCN(C(=O)c3c[nH]c4ccc([N+](=O)[O-])cc34)CC2)cc1. The fourth-order valence-electron chi connectivity index (χ4n) is 3.60. The van der Waals surface area contributed by atoms with Crippen molar-refractivity contribution >= 4 is 32.5 Å². The molecule has 1 aliphatic rings. The molecule has 0 spiro atoms. The Morgan fingerprint density at radius 3 is 2.39 bits per heavy atom. The number of piperazine rings is 1. The summed E-state index contributed by atoms with van der Waals surface area (Å²) in [7, 11) is -2.18. The van der Waals surface area contributed by atoms with Crippen LogP contribution in [0.1, 0.15) is 10.4 Å². The number of H-pyrrole nitrogens is 1. The summed E-state index contributed by atoms with van der Waals surface area (Å²) >= 11 is 0. The number of sulfonamides is 1. The monoisotopic (exact) mass is 444 g/mol. The van der Waals surface area contributed by atoms with Gasteiger partial charge >= 0.3 is 0 Å². The number of nitro benzene ring substituents is 1. The Kier molecular flexibility index (Phi) is 5.38. The molecule has 1 aromatic heterocycles. The molecule has 31 heavy (non-hydrogen) atoms. The third kappa shape index (κ3) is 3.84. The Bertz CT molecular complexity index is 1240. The summed E-state index contributed by atoms with van der Waals surface area (Å²) in [6.45, 7) is 0.747. The molecular weight excluding hydrogens is 424 g/mol. The average Bonchev–Trinajstić information content (AvgIpc) is 3.22. The van der Waals surface area contributed by atoms with Gasteiger partial charge < -0.3 is 14.6 Å². The zero-order valence-corrected chi connectivity index (χ0v) is 17.5. The average molecular weight is 444 g/mol. The van der Waals surface area contributed by atoms with Crippen molar-refractivity contribution in [2.75, 3.05) is 33.3 Å². The second-order valence-corrected chi connectivity index (χ2v) is 9.00. The molecule has 0 bridgehead atoms. The topological polar surface area (TPSA) is 126 Å². The normalized spacial score (nSPS) is 15.2. The third-order valence-corrected chi connectivity index (χ3v) is 7.24. The highest BCUT2D eigenvalue weighted by Gasteiger charge is 2.31. The molecule has 2 heterocycles. The Labute approximate surface area is 178 Å². The van der Waals surface area contributed by atoms with Crippen LogP contribution in [-0.4, -0.2) is 66.7 Å². The van der Waals surface area contributed by atoms with Crippen molar-refractivity contribution in [2.45, 2.75) is 4.90 Å². The number of nitrogens with one attached hydrogen (secondary N) is 1. The highest BCUT2D eigenvalue weighted by atomic mass is 32.2. The predicted molar refractivity (Wildman–Crippen MR) is 113 cm³/mol. The van der Waals surface area contributed by atoms with Crippen LogP contribution in [-0.2, 0) is 10.0 Å². The molecule has 0 unspecified atom stereocenters. The summed E-state index contributed by atoms with van der Waals surface area (Å²) in [5.41, 5.74) is 0.844. The number of fused-ring (bicyclic) bond motifs is 1. The van der Waals surface area contributed by atoms with E-state index in [0.717, 1.165) is 0 Å². The lowest BCUT2D eigenvalue weighted by Crippen LogP contribution is -2.50. The van der Waals surface area contributed by atoms with Crippen LogP contribution < -0.4 is 4.74 Å². The van der Waals surface area contributed by atoms with Crippen molar-refractivity contribution < 1.29 is 22.9 Å². The van der Waals surface area contributed by atoms with Gasteiger partial charge in [0.05, 0.1) is 22.5 Å². The molecule has 11 heteroatoms. The number of hydrogen-bond acceptors (Lipinski definition) is 6. The van der Waals surface area contributed by atoms with Crippen molar-refractivity contribution in [1.29, 1.82) is 0 Å². The number of nitro groups is 1. The van der Waals surface area contributed by atoms with Gasteiger partial charge in [0.1, 0.15) is 5.75 Å². The standard InChI is InChI=1S/C20H20N4O6S/c1-30-15-3-5-16(6-4-15)31(28,29)23-10-8-22(9-11-23)20(25)18-13-21-19-7-2-14(24(26)27)12-17(18)19/h2-7,12-13,21H,8-11H2,1H3. The lowest BCUT2D eigenvalue weighted by atomic mass is 10.1. The Morgan fingerprint density at radius 2 is 1.77 bits per heavy atom. The molecule has 162 valence electrons. The lowest BCUT2D eigenvalue weighted by Gasteiger charge is -2.34. The fourth-order valence-corrected chi connectivity index (χ4v) is 5.02. The molecule has 4 rings (SSSR count). The first-order chi connectivity index (χ1) is 14.8. The van der Waals surface area contributed by atoms with E-state index in [-0.39, 0.29) is 42.7 Å². The number of carbonyl (C=O) groups is 1. The van der Waals surface area contributed by atoms with Gasteiger partial charge in [0, 0.05) is 55.4 Å². The minimum atomic E-state index is -3.68. The van der Waals surface area contributed by atoms with Crippen molar-refractivity contribution in [3.05, 3.63) is 64.3 Å². The molecule has 3 aromatic rings. The van der Waals surface area contributed by atoms with Gasteiger partial charge in [-0.3, -0.25) is 14.9 Å². The van der Waals surface area contributed by atoms with Crippen LogP contribution in [0.5, 0.6) is 5.75 Å². The van der Waals surface area contributed by atoms with E-state index >= 15 is 0 Å². The van der Waals surface area contributed by atoms with E-state index in [1.54, 1.807) is 23.1 Å². The summed E-state index contributed by atoms with van der Waals surface area (Å²) in [4.78, 5) is 28.2. The molecule has 0 atom stereocenters. The number of rotatable bonds is 5. The number of amides is 1. The summed E-state index contributed by atoms with van der Waals surface area (Å²) in [6.07, 6.45) is 1.52. The minimum absolute atomic E-state index is 0.100. The maximum Gasteiger partial charge on any atom is 0.270 e. The van der Waals surface area contributed by atoms with Gasteiger partial charge in [-0.2, -0.15) is 4.31 Å². The van der Waals surface area contributed by atoms with Crippen molar-refractivity contribution in [3.63, 3.8) is 0 Å². The summed E-state index contributed by atoms with van der Waals surface area (Å²) in [5.74, 6) is 0.265. The van der Waals surface area contributed by atoms with E-state index in [1.807, 2.05) is 0 Å². The van der Waals surface area contributed by atoms with Crippen LogP contribution in [0.25, 0.3) is 10.9 Å². The zero-order valence-electron chi connectivity index (χ0n) is 16.6. The number of non-ortho nitro benzene ring substituents is 1. The molecule has 2 aromatic carbocycles. The first-order valence-electron chi connectivity index (χ1n) is 9.50. The van der Waals surface area contributed by atoms with Gasteiger partial charge in [0.15, 0.2) is 0 Å².